The summed E-state index contributed by atoms with van der Waals surface area (Å²) in [5.74, 6) is 0. The molecule has 1 aliphatic rings. The SMILES string of the molecule is CC1(C)CC(SN)N(C(=O)OC(C)(C)C)C1. The molecule has 5 heteroatoms. The molecule has 1 fully saturated rings. The first-order valence-electron chi connectivity index (χ1n) is 5.50. The average Bonchev–Trinajstić information content (AvgIpc) is 2.38. The quantitative estimate of drug-likeness (QED) is 0.723. The Labute approximate surface area is 102 Å². The van der Waals surface area contributed by atoms with Gasteiger partial charge in [0.15, 0.2) is 0 Å². The molecule has 0 saturated carbocycles. The summed E-state index contributed by atoms with van der Waals surface area (Å²) in [5.41, 5.74) is -0.332. The van der Waals surface area contributed by atoms with Crippen molar-refractivity contribution in [2.45, 2.75) is 52.0 Å². The summed E-state index contributed by atoms with van der Waals surface area (Å²) < 4.78 is 5.37. The predicted molar refractivity (Wildman–Crippen MR) is 66.9 cm³/mol. The van der Waals surface area contributed by atoms with E-state index in [1.54, 1.807) is 4.90 Å². The van der Waals surface area contributed by atoms with Crippen LogP contribution in [-0.2, 0) is 4.74 Å². The lowest BCUT2D eigenvalue weighted by atomic mass is 9.93. The summed E-state index contributed by atoms with van der Waals surface area (Å²) in [5, 5.41) is 5.65. The molecule has 4 nitrogen and oxygen atoms in total. The standard InChI is InChI=1S/C11H22N2O2S/c1-10(2,3)15-9(14)13-7-11(4,5)6-8(13)16-12/h8H,6-7,12H2,1-5H3. The fourth-order valence-electron chi connectivity index (χ4n) is 1.83. The Kier molecular flexibility index (Phi) is 3.80. The summed E-state index contributed by atoms with van der Waals surface area (Å²) in [7, 11) is 0. The van der Waals surface area contributed by atoms with Gasteiger partial charge in [-0.25, -0.2) is 4.79 Å². The van der Waals surface area contributed by atoms with Crippen LogP contribution in [0.5, 0.6) is 0 Å². The fourth-order valence-corrected chi connectivity index (χ4v) is 2.69. The molecular formula is C11H22N2O2S. The third-order valence-electron chi connectivity index (χ3n) is 2.46. The molecule has 1 unspecified atom stereocenters. The first-order valence-corrected chi connectivity index (χ1v) is 6.44. The number of carbonyl (C=O) groups is 1. The second-order valence-electron chi connectivity index (χ2n) is 6.07. The van der Waals surface area contributed by atoms with Gasteiger partial charge in [-0.3, -0.25) is 10.0 Å². The molecule has 0 aromatic rings. The maximum atomic E-state index is 12.0. The minimum atomic E-state index is -0.451. The molecule has 0 aromatic heterocycles. The van der Waals surface area contributed by atoms with Crippen LogP contribution in [0, 0.1) is 5.41 Å². The van der Waals surface area contributed by atoms with Crippen molar-refractivity contribution in [2.24, 2.45) is 10.6 Å². The van der Waals surface area contributed by atoms with Crippen LogP contribution in [0.25, 0.3) is 0 Å². The number of rotatable bonds is 1. The van der Waals surface area contributed by atoms with Gasteiger partial charge in [0.2, 0.25) is 0 Å². The van der Waals surface area contributed by atoms with Gasteiger partial charge in [0, 0.05) is 6.54 Å². The van der Waals surface area contributed by atoms with E-state index in [0.717, 1.165) is 6.42 Å². The first-order chi connectivity index (χ1) is 7.14. The molecular weight excluding hydrogens is 224 g/mol. The molecule has 0 bridgehead atoms. The normalized spacial score (nSPS) is 24.6. The zero-order valence-corrected chi connectivity index (χ0v) is 11.6. The largest absolute Gasteiger partial charge is 0.444 e. The second-order valence-corrected chi connectivity index (χ2v) is 6.88. The van der Waals surface area contributed by atoms with Crippen molar-refractivity contribution >= 4 is 18.0 Å². The topological polar surface area (TPSA) is 55.6 Å². The van der Waals surface area contributed by atoms with Crippen LogP contribution in [0.1, 0.15) is 41.0 Å². The number of ether oxygens (including phenoxy) is 1. The third kappa shape index (κ3) is 3.56. The predicted octanol–water partition coefficient (Wildman–Crippen LogP) is 2.59. The first kappa shape index (κ1) is 13.6. The summed E-state index contributed by atoms with van der Waals surface area (Å²) in [6.45, 7) is 10.6. The second kappa shape index (κ2) is 4.45. The number of nitrogens with two attached hydrogens (primary N) is 1. The molecule has 1 heterocycles. The molecule has 0 aliphatic carbocycles. The number of carbonyl (C=O) groups excluding carboxylic acids is 1. The van der Waals surface area contributed by atoms with Crippen molar-refractivity contribution in [3.05, 3.63) is 0 Å². The summed E-state index contributed by atoms with van der Waals surface area (Å²) in [6, 6.07) is 0. The van der Waals surface area contributed by atoms with Gasteiger partial charge in [-0.05, 0) is 32.6 Å². The molecule has 94 valence electrons. The fraction of sp³-hybridized carbons (Fsp3) is 0.909. The van der Waals surface area contributed by atoms with E-state index in [0.29, 0.717) is 6.54 Å². The summed E-state index contributed by atoms with van der Waals surface area (Å²) >= 11 is 1.22. The Hall–Kier alpha value is -0.420. The number of amides is 1. The van der Waals surface area contributed by atoms with Gasteiger partial charge >= 0.3 is 6.09 Å². The lowest BCUT2D eigenvalue weighted by Gasteiger charge is -2.27. The van der Waals surface area contributed by atoms with E-state index in [4.69, 9.17) is 9.88 Å². The summed E-state index contributed by atoms with van der Waals surface area (Å²) in [6.07, 6.45) is 0.647. The minimum Gasteiger partial charge on any atom is -0.444 e. The Balaban J connectivity index is 2.69. The van der Waals surface area contributed by atoms with E-state index in [2.05, 4.69) is 13.8 Å². The molecule has 0 spiro atoms. The number of nitrogens with zero attached hydrogens (tertiary/aromatic N) is 1. The minimum absolute atomic E-state index is 0.0323. The van der Waals surface area contributed by atoms with Crippen molar-refractivity contribution in [3.8, 4) is 0 Å². The van der Waals surface area contributed by atoms with E-state index in [1.165, 1.54) is 11.9 Å². The Morgan fingerprint density at radius 2 is 2.06 bits per heavy atom. The van der Waals surface area contributed by atoms with Crippen LogP contribution in [0.15, 0.2) is 0 Å². The Bertz CT molecular complexity index is 274. The molecule has 1 rings (SSSR count). The van der Waals surface area contributed by atoms with E-state index in [9.17, 15) is 4.79 Å². The van der Waals surface area contributed by atoms with Crippen LogP contribution in [-0.4, -0.2) is 28.5 Å². The van der Waals surface area contributed by atoms with Crippen LogP contribution in [0.2, 0.25) is 0 Å². The van der Waals surface area contributed by atoms with Crippen molar-refractivity contribution in [1.29, 1.82) is 0 Å². The molecule has 1 amide bonds. The van der Waals surface area contributed by atoms with Crippen molar-refractivity contribution in [3.63, 3.8) is 0 Å². The van der Waals surface area contributed by atoms with Gasteiger partial charge in [0.1, 0.15) is 5.60 Å². The highest BCUT2D eigenvalue weighted by molar-refractivity contribution is 7.97. The molecule has 16 heavy (non-hydrogen) atoms. The van der Waals surface area contributed by atoms with E-state index < -0.39 is 5.60 Å². The average molecular weight is 246 g/mol. The maximum Gasteiger partial charge on any atom is 0.411 e. The smallest absolute Gasteiger partial charge is 0.411 e. The number of hydrogen-bond acceptors (Lipinski definition) is 4. The highest BCUT2D eigenvalue weighted by Gasteiger charge is 2.41. The lowest BCUT2D eigenvalue weighted by molar-refractivity contribution is 0.0262. The molecule has 1 saturated heterocycles. The van der Waals surface area contributed by atoms with Crippen LogP contribution < -0.4 is 5.14 Å². The highest BCUT2D eigenvalue weighted by Crippen LogP contribution is 2.37. The van der Waals surface area contributed by atoms with Crippen molar-refractivity contribution in [1.82, 2.24) is 4.90 Å². The van der Waals surface area contributed by atoms with Gasteiger partial charge in [0.05, 0.1) is 5.37 Å². The Morgan fingerprint density at radius 3 is 2.50 bits per heavy atom. The lowest BCUT2D eigenvalue weighted by Crippen LogP contribution is -2.39. The highest BCUT2D eigenvalue weighted by atomic mass is 32.2. The number of likely N-dealkylation sites (tertiary alicyclic amines) is 1. The van der Waals surface area contributed by atoms with Crippen LogP contribution in [0.4, 0.5) is 4.79 Å². The molecule has 1 aliphatic heterocycles. The van der Waals surface area contributed by atoms with Crippen LogP contribution in [0.3, 0.4) is 0 Å². The number of hydrogen-bond donors (Lipinski definition) is 1. The zero-order chi connectivity index (χ0) is 12.6. The monoisotopic (exact) mass is 246 g/mol. The van der Waals surface area contributed by atoms with E-state index in [1.807, 2.05) is 20.8 Å². The van der Waals surface area contributed by atoms with Gasteiger partial charge < -0.3 is 4.74 Å². The van der Waals surface area contributed by atoms with E-state index in [-0.39, 0.29) is 16.9 Å². The van der Waals surface area contributed by atoms with Crippen molar-refractivity contribution < 1.29 is 9.53 Å². The van der Waals surface area contributed by atoms with E-state index >= 15 is 0 Å². The van der Waals surface area contributed by atoms with Gasteiger partial charge in [0.25, 0.3) is 0 Å². The molecule has 2 N–H and O–H groups in total. The third-order valence-corrected chi connectivity index (χ3v) is 3.19. The van der Waals surface area contributed by atoms with Crippen LogP contribution >= 0.6 is 11.9 Å². The van der Waals surface area contributed by atoms with Gasteiger partial charge in [-0.2, -0.15) is 0 Å². The van der Waals surface area contributed by atoms with Gasteiger partial charge in [-0.15, -0.1) is 0 Å². The summed E-state index contributed by atoms with van der Waals surface area (Å²) in [4.78, 5) is 13.7. The molecule has 0 radical (unpaired) electrons. The molecule has 0 aromatic carbocycles. The van der Waals surface area contributed by atoms with Gasteiger partial charge in [-0.1, -0.05) is 25.8 Å². The van der Waals surface area contributed by atoms with Crippen molar-refractivity contribution in [2.75, 3.05) is 6.54 Å². The molecule has 1 atom stereocenters. The zero-order valence-electron chi connectivity index (χ0n) is 10.7. The maximum absolute atomic E-state index is 12.0. The Morgan fingerprint density at radius 1 is 1.50 bits per heavy atom.